The van der Waals surface area contributed by atoms with Crippen LogP contribution in [0, 0.1) is 10.1 Å². The standard InChI is InChI=1S/C13H8ClN3O3/c14-13(18)9-1-3-10(4-2-9)15-16-11-5-7-12(8-6-11)17(19)20/h1-8H. The first-order valence-electron chi connectivity index (χ1n) is 5.52. The third-order valence-corrected chi connectivity index (χ3v) is 2.65. The van der Waals surface area contributed by atoms with E-state index in [2.05, 4.69) is 10.2 Å². The van der Waals surface area contributed by atoms with Crippen molar-refractivity contribution in [2.24, 2.45) is 10.2 Å². The molecule has 0 amide bonds. The number of nitrogens with zero attached hydrogens (tertiary/aromatic N) is 3. The van der Waals surface area contributed by atoms with Gasteiger partial charge in [0, 0.05) is 17.7 Å². The van der Waals surface area contributed by atoms with E-state index in [1.165, 1.54) is 24.3 Å². The molecule has 0 unspecified atom stereocenters. The van der Waals surface area contributed by atoms with E-state index in [4.69, 9.17) is 11.6 Å². The maximum atomic E-state index is 10.9. The molecule has 0 aliphatic rings. The van der Waals surface area contributed by atoms with Crippen LogP contribution >= 0.6 is 11.6 Å². The fourth-order valence-corrected chi connectivity index (χ4v) is 1.54. The average Bonchev–Trinajstić information content (AvgIpc) is 2.46. The minimum absolute atomic E-state index is 0.00562. The predicted octanol–water partition coefficient (Wildman–Crippen LogP) is 4.39. The minimum Gasteiger partial charge on any atom is -0.276 e. The first-order valence-corrected chi connectivity index (χ1v) is 5.90. The smallest absolute Gasteiger partial charge is 0.269 e. The summed E-state index contributed by atoms with van der Waals surface area (Å²) in [5, 5.41) is 17.8. The van der Waals surface area contributed by atoms with Gasteiger partial charge in [-0.05, 0) is 48.0 Å². The largest absolute Gasteiger partial charge is 0.276 e. The van der Waals surface area contributed by atoms with E-state index in [9.17, 15) is 14.9 Å². The van der Waals surface area contributed by atoms with Gasteiger partial charge in [0.15, 0.2) is 0 Å². The highest BCUT2D eigenvalue weighted by Crippen LogP contribution is 2.21. The molecule has 2 aromatic rings. The van der Waals surface area contributed by atoms with Gasteiger partial charge in [0.25, 0.3) is 10.9 Å². The van der Waals surface area contributed by atoms with Crippen molar-refractivity contribution in [2.75, 3.05) is 0 Å². The summed E-state index contributed by atoms with van der Waals surface area (Å²) in [7, 11) is 0. The topological polar surface area (TPSA) is 84.9 Å². The van der Waals surface area contributed by atoms with Crippen molar-refractivity contribution >= 4 is 33.9 Å². The van der Waals surface area contributed by atoms with Crippen LogP contribution in [0.5, 0.6) is 0 Å². The summed E-state index contributed by atoms with van der Waals surface area (Å²) in [6.07, 6.45) is 0. The number of hydrogen-bond donors (Lipinski definition) is 0. The number of nitro groups is 1. The number of carbonyl (C=O) groups is 1. The van der Waals surface area contributed by atoms with Gasteiger partial charge in [-0.2, -0.15) is 10.2 Å². The van der Waals surface area contributed by atoms with Crippen LogP contribution in [0.2, 0.25) is 0 Å². The molecule has 7 heteroatoms. The molecule has 0 heterocycles. The lowest BCUT2D eigenvalue weighted by Gasteiger charge is -1.95. The molecule has 0 spiro atoms. The lowest BCUT2D eigenvalue weighted by molar-refractivity contribution is -0.384. The molecular formula is C13H8ClN3O3. The Bertz CT molecular complexity index is 607. The van der Waals surface area contributed by atoms with Crippen molar-refractivity contribution in [3.05, 3.63) is 64.2 Å². The van der Waals surface area contributed by atoms with Crippen LogP contribution in [-0.2, 0) is 0 Å². The van der Waals surface area contributed by atoms with Gasteiger partial charge in [0.1, 0.15) is 0 Å². The Morgan fingerprint density at radius 2 is 1.40 bits per heavy atom. The van der Waals surface area contributed by atoms with Gasteiger partial charge in [-0.25, -0.2) is 0 Å². The van der Waals surface area contributed by atoms with Gasteiger partial charge in [-0.1, -0.05) is 0 Å². The van der Waals surface area contributed by atoms with Crippen LogP contribution in [0.1, 0.15) is 10.4 Å². The Kier molecular flexibility index (Phi) is 4.17. The SMILES string of the molecule is O=C(Cl)c1ccc(N=Nc2ccc([N+](=O)[O-])cc2)cc1. The Morgan fingerprint density at radius 1 is 0.950 bits per heavy atom. The highest BCUT2D eigenvalue weighted by atomic mass is 35.5. The highest BCUT2D eigenvalue weighted by molar-refractivity contribution is 6.67. The third-order valence-electron chi connectivity index (χ3n) is 2.44. The van der Waals surface area contributed by atoms with Crippen LogP contribution in [0.4, 0.5) is 17.1 Å². The van der Waals surface area contributed by atoms with Crippen molar-refractivity contribution in [3.8, 4) is 0 Å². The van der Waals surface area contributed by atoms with Gasteiger partial charge in [-0.15, -0.1) is 0 Å². The van der Waals surface area contributed by atoms with Crippen LogP contribution in [0.3, 0.4) is 0 Å². The molecule has 2 aromatic carbocycles. The second-order valence-electron chi connectivity index (χ2n) is 3.79. The maximum Gasteiger partial charge on any atom is 0.269 e. The summed E-state index contributed by atoms with van der Waals surface area (Å²) >= 11 is 5.32. The lowest BCUT2D eigenvalue weighted by Crippen LogP contribution is -1.86. The maximum absolute atomic E-state index is 10.9. The van der Waals surface area contributed by atoms with Crippen LogP contribution < -0.4 is 0 Å². The van der Waals surface area contributed by atoms with Crippen LogP contribution in [0.25, 0.3) is 0 Å². The number of benzene rings is 2. The molecule has 0 N–H and O–H groups in total. The van der Waals surface area contributed by atoms with Gasteiger partial charge in [0.05, 0.1) is 16.3 Å². The number of nitro benzene ring substituents is 1. The fourth-order valence-electron chi connectivity index (χ4n) is 1.42. The molecule has 0 saturated carbocycles. The van der Waals surface area contributed by atoms with Gasteiger partial charge >= 0.3 is 0 Å². The molecule has 0 aliphatic heterocycles. The van der Waals surface area contributed by atoms with E-state index in [0.29, 0.717) is 16.9 Å². The summed E-state index contributed by atoms with van der Waals surface area (Å²) in [4.78, 5) is 20.9. The van der Waals surface area contributed by atoms with Gasteiger partial charge in [-0.3, -0.25) is 14.9 Å². The van der Waals surface area contributed by atoms with E-state index in [1.54, 1.807) is 24.3 Å². The number of non-ortho nitro benzene ring substituents is 1. The van der Waals surface area contributed by atoms with Gasteiger partial charge < -0.3 is 0 Å². The summed E-state index contributed by atoms with van der Waals surface area (Å²) in [6, 6.07) is 12.0. The Hall–Kier alpha value is -2.60. The molecule has 0 atom stereocenters. The van der Waals surface area contributed by atoms with E-state index in [1.807, 2.05) is 0 Å². The number of carbonyl (C=O) groups excluding carboxylic acids is 1. The lowest BCUT2D eigenvalue weighted by atomic mass is 10.2. The molecule has 6 nitrogen and oxygen atoms in total. The third kappa shape index (κ3) is 3.46. The zero-order chi connectivity index (χ0) is 14.5. The summed E-state index contributed by atoms with van der Waals surface area (Å²) < 4.78 is 0. The molecule has 20 heavy (non-hydrogen) atoms. The second-order valence-corrected chi connectivity index (χ2v) is 4.14. The minimum atomic E-state index is -0.538. The monoisotopic (exact) mass is 289 g/mol. The molecule has 0 saturated heterocycles. The summed E-state index contributed by atoms with van der Waals surface area (Å²) in [5.41, 5.74) is 1.41. The zero-order valence-corrected chi connectivity index (χ0v) is 10.8. The Labute approximate surface area is 118 Å². The zero-order valence-electron chi connectivity index (χ0n) is 10.1. The van der Waals surface area contributed by atoms with Crippen LogP contribution in [0.15, 0.2) is 58.8 Å². The molecule has 0 fully saturated rings. The number of halogens is 1. The van der Waals surface area contributed by atoms with Crippen molar-refractivity contribution < 1.29 is 9.72 Å². The Morgan fingerprint density at radius 3 is 1.80 bits per heavy atom. The van der Waals surface area contributed by atoms with Crippen molar-refractivity contribution in [2.45, 2.75) is 0 Å². The first kappa shape index (κ1) is 13.8. The van der Waals surface area contributed by atoms with E-state index in [0.717, 1.165) is 0 Å². The molecule has 0 radical (unpaired) electrons. The van der Waals surface area contributed by atoms with E-state index >= 15 is 0 Å². The molecule has 0 aliphatic carbocycles. The number of azo groups is 1. The first-order chi connectivity index (χ1) is 9.56. The summed E-state index contributed by atoms with van der Waals surface area (Å²) in [6.45, 7) is 0. The van der Waals surface area contributed by atoms with Gasteiger partial charge in [0.2, 0.25) is 0 Å². The molecule has 2 rings (SSSR count). The number of rotatable bonds is 4. The Balaban J connectivity index is 2.12. The quantitative estimate of drug-likeness (QED) is 0.362. The summed E-state index contributed by atoms with van der Waals surface area (Å²) in [5.74, 6) is 0. The van der Waals surface area contributed by atoms with Crippen LogP contribution in [-0.4, -0.2) is 10.2 Å². The predicted molar refractivity (Wildman–Crippen MR) is 73.9 cm³/mol. The van der Waals surface area contributed by atoms with E-state index in [-0.39, 0.29) is 5.69 Å². The van der Waals surface area contributed by atoms with Crippen molar-refractivity contribution in [1.82, 2.24) is 0 Å². The molecular weight excluding hydrogens is 282 g/mol. The number of hydrogen-bond acceptors (Lipinski definition) is 5. The fraction of sp³-hybridized carbons (Fsp3) is 0. The second kappa shape index (κ2) is 6.03. The van der Waals surface area contributed by atoms with Crippen molar-refractivity contribution in [3.63, 3.8) is 0 Å². The highest BCUT2D eigenvalue weighted by Gasteiger charge is 2.03. The van der Waals surface area contributed by atoms with Crippen molar-refractivity contribution in [1.29, 1.82) is 0 Å². The molecule has 100 valence electrons. The molecule has 0 bridgehead atoms. The van der Waals surface area contributed by atoms with E-state index < -0.39 is 10.2 Å². The average molecular weight is 290 g/mol. The normalized spacial score (nSPS) is 10.7. The molecule has 0 aromatic heterocycles.